The molecule has 2 aromatic carbocycles. The summed E-state index contributed by atoms with van der Waals surface area (Å²) >= 11 is 0. The van der Waals surface area contributed by atoms with E-state index in [2.05, 4.69) is 91.8 Å². The average Bonchev–Trinajstić information content (AvgIpc) is 3.10. The first-order valence-electron chi connectivity index (χ1n) is 14.6. The normalized spacial score (nSPS) is 13.6. The molecule has 0 spiro atoms. The Morgan fingerprint density at radius 1 is 0.564 bits per heavy atom. The molecule has 0 bridgehead atoms. The molecule has 0 aliphatic heterocycles. The molecule has 1 aliphatic carbocycles. The Bertz CT molecular complexity index is 974. The van der Waals surface area contributed by atoms with Gasteiger partial charge >= 0.3 is 0 Å². The molecule has 0 aromatic heterocycles. The molecule has 2 nitrogen and oxygen atoms in total. The number of benzene rings is 2. The van der Waals surface area contributed by atoms with E-state index in [0.29, 0.717) is 0 Å². The van der Waals surface area contributed by atoms with E-state index in [1.54, 1.807) is 11.1 Å². The van der Waals surface area contributed by atoms with Crippen LogP contribution in [-0.4, -0.2) is 64.3 Å². The van der Waals surface area contributed by atoms with E-state index in [-0.39, 0.29) is 39.4 Å². The number of rotatable bonds is 16. The van der Waals surface area contributed by atoms with Crippen LogP contribution >= 0.6 is 0 Å². The van der Waals surface area contributed by atoms with Crippen LogP contribution in [0.5, 0.6) is 0 Å². The van der Waals surface area contributed by atoms with Crippen LogP contribution in [0.3, 0.4) is 0 Å². The van der Waals surface area contributed by atoms with Gasteiger partial charge in [-0.1, -0.05) is 87.4 Å². The molecule has 4 heteroatoms. The molecule has 2 aromatic rings. The van der Waals surface area contributed by atoms with Crippen LogP contribution in [0.4, 0.5) is 0 Å². The van der Waals surface area contributed by atoms with Gasteiger partial charge in [0, 0.05) is 5.41 Å². The summed E-state index contributed by atoms with van der Waals surface area (Å²) in [6.45, 7) is 10.7. The number of unbranched alkanes of at least 4 members (excludes halogenated alkanes) is 6. The van der Waals surface area contributed by atoms with E-state index in [0.717, 1.165) is 8.97 Å². The van der Waals surface area contributed by atoms with Crippen molar-refractivity contribution in [2.24, 2.45) is 0 Å². The van der Waals surface area contributed by atoms with Crippen molar-refractivity contribution in [3.8, 4) is 11.1 Å². The number of hydrogen-bond donors (Lipinski definition) is 0. The summed E-state index contributed by atoms with van der Waals surface area (Å²) in [5.74, 6) is 0. The number of hydrogen-bond acceptors (Lipinski definition) is 0. The lowest BCUT2D eigenvalue weighted by molar-refractivity contribution is -0.870. The smallest absolute Gasteiger partial charge is 0.0780 e. The quantitative estimate of drug-likeness (QED) is 0.192. The Kier molecular flexibility index (Phi) is 14.4. The fraction of sp³-hybridized carbons (Fsp3) is 0.543. The van der Waals surface area contributed by atoms with Gasteiger partial charge in [-0.3, -0.25) is 0 Å². The largest absolute Gasteiger partial charge is 1.00 e. The zero-order valence-corrected chi connectivity index (χ0v) is 28.8. The van der Waals surface area contributed by atoms with Crippen LogP contribution in [0, 0.1) is 0 Å². The van der Waals surface area contributed by atoms with Crippen molar-refractivity contribution in [1.29, 1.82) is 0 Å². The molecule has 0 fully saturated rings. The highest BCUT2D eigenvalue weighted by atomic mass is 79.9. The molecule has 0 saturated heterocycles. The molecule has 218 valence electrons. The minimum Gasteiger partial charge on any atom is -1.00 e. The number of nitrogens with zero attached hydrogens (tertiary/aromatic N) is 2. The minimum absolute atomic E-state index is 0. The Morgan fingerprint density at radius 2 is 0.923 bits per heavy atom. The standard InChI is InChI=1S/C35H54N2.2BrH/c1-9-29-19-21-31-32-22-20-30(10-2)28-34(32)35(33(31)27-29,23-15-11-13-17-25-36(3,4)5)24-16-12-14-18-26-37(6,7)8;;/h9-10,19-22,27-28H,1-2,11-18,23-26H2,3-8H3;2*1H/q+2;;/p-2. The van der Waals surface area contributed by atoms with Crippen molar-refractivity contribution in [2.45, 2.75) is 69.6 Å². The van der Waals surface area contributed by atoms with E-state index in [4.69, 9.17) is 0 Å². The summed E-state index contributed by atoms with van der Waals surface area (Å²) in [7, 11) is 13.8. The number of fused-ring (bicyclic) bond motifs is 3. The van der Waals surface area contributed by atoms with Crippen molar-refractivity contribution in [2.75, 3.05) is 55.4 Å². The predicted molar refractivity (Wildman–Crippen MR) is 165 cm³/mol. The molecular formula is C35H54Br2N2. The van der Waals surface area contributed by atoms with Crippen molar-refractivity contribution in [3.63, 3.8) is 0 Å². The van der Waals surface area contributed by atoms with Crippen LogP contribution in [0.1, 0.15) is 86.5 Å². The SMILES string of the molecule is C=Cc1ccc2c(c1)C(CCCCCC[N+](C)(C)C)(CCCCCC[N+](C)(C)C)c1cc(C=C)ccc1-2.[Br-].[Br-]. The van der Waals surface area contributed by atoms with Gasteiger partial charge in [0.25, 0.3) is 0 Å². The molecule has 0 unspecified atom stereocenters. The Morgan fingerprint density at radius 3 is 1.26 bits per heavy atom. The molecule has 0 N–H and O–H groups in total. The summed E-state index contributed by atoms with van der Waals surface area (Å²) in [5, 5.41) is 0. The lowest BCUT2D eigenvalue weighted by atomic mass is 9.70. The summed E-state index contributed by atoms with van der Waals surface area (Å²) < 4.78 is 2.13. The lowest BCUT2D eigenvalue weighted by Gasteiger charge is -2.33. The van der Waals surface area contributed by atoms with E-state index in [1.165, 1.54) is 99.6 Å². The highest BCUT2D eigenvalue weighted by Crippen LogP contribution is 2.54. The van der Waals surface area contributed by atoms with Crippen LogP contribution in [-0.2, 0) is 5.41 Å². The van der Waals surface area contributed by atoms with Gasteiger partial charge < -0.3 is 42.9 Å². The van der Waals surface area contributed by atoms with E-state index >= 15 is 0 Å². The van der Waals surface area contributed by atoms with Crippen LogP contribution in [0.25, 0.3) is 23.3 Å². The van der Waals surface area contributed by atoms with Gasteiger partial charge in [0.05, 0.1) is 55.4 Å². The summed E-state index contributed by atoms with van der Waals surface area (Å²) in [6, 6.07) is 14.1. The van der Waals surface area contributed by atoms with Crippen molar-refractivity contribution in [1.82, 2.24) is 0 Å². The maximum Gasteiger partial charge on any atom is 0.0780 e. The summed E-state index contributed by atoms with van der Waals surface area (Å²) in [4.78, 5) is 0. The van der Waals surface area contributed by atoms with Gasteiger partial charge in [0.2, 0.25) is 0 Å². The molecule has 0 amide bonds. The maximum absolute atomic E-state index is 4.10. The van der Waals surface area contributed by atoms with Crippen LogP contribution in [0.15, 0.2) is 49.6 Å². The molecule has 0 atom stereocenters. The number of halogens is 2. The maximum atomic E-state index is 4.10. The third-order valence-electron chi connectivity index (χ3n) is 8.24. The second-order valence-electron chi connectivity index (χ2n) is 13.5. The second-order valence-corrected chi connectivity index (χ2v) is 13.5. The third kappa shape index (κ3) is 9.99. The Labute approximate surface area is 261 Å². The molecule has 1 aliphatic rings. The van der Waals surface area contributed by atoms with Gasteiger partial charge in [0.1, 0.15) is 0 Å². The topological polar surface area (TPSA) is 0 Å². The van der Waals surface area contributed by atoms with Gasteiger partial charge in [-0.2, -0.15) is 0 Å². The molecule has 3 rings (SSSR count). The third-order valence-corrected chi connectivity index (χ3v) is 8.24. The fourth-order valence-corrected chi connectivity index (χ4v) is 6.18. The highest BCUT2D eigenvalue weighted by molar-refractivity contribution is 5.83. The van der Waals surface area contributed by atoms with Crippen molar-refractivity contribution < 1.29 is 42.9 Å². The van der Waals surface area contributed by atoms with Gasteiger partial charge in [-0.25, -0.2) is 0 Å². The van der Waals surface area contributed by atoms with Gasteiger partial charge in [-0.05, 0) is 71.9 Å². The van der Waals surface area contributed by atoms with Gasteiger partial charge in [-0.15, -0.1) is 0 Å². The molecule has 39 heavy (non-hydrogen) atoms. The monoisotopic (exact) mass is 660 g/mol. The zero-order valence-electron chi connectivity index (χ0n) is 25.7. The predicted octanol–water partition coefficient (Wildman–Crippen LogP) is 2.56. The summed E-state index contributed by atoms with van der Waals surface area (Å²) in [5.41, 5.74) is 8.54. The first-order chi connectivity index (χ1) is 17.5. The molecule has 0 heterocycles. The average molecular weight is 663 g/mol. The Hall–Kier alpha value is -1.20. The van der Waals surface area contributed by atoms with E-state index in [1.807, 2.05) is 12.2 Å². The fourth-order valence-electron chi connectivity index (χ4n) is 6.18. The lowest BCUT2D eigenvalue weighted by Crippen LogP contribution is -3.00. The minimum atomic E-state index is 0. The van der Waals surface area contributed by atoms with Crippen LogP contribution in [0.2, 0.25) is 0 Å². The first-order valence-corrected chi connectivity index (χ1v) is 14.6. The van der Waals surface area contributed by atoms with Crippen LogP contribution < -0.4 is 34.0 Å². The first kappa shape index (κ1) is 35.8. The molecular weight excluding hydrogens is 608 g/mol. The van der Waals surface area contributed by atoms with Crippen molar-refractivity contribution in [3.05, 3.63) is 71.8 Å². The summed E-state index contributed by atoms with van der Waals surface area (Å²) in [6.07, 6.45) is 17.0. The molecule has 0 saturated carbocycles. The van der Waals surface area contributed by atoms with Crippen molar-refractivity contribution >= 4 is 12.2 Å². The number of quaternary nitrogens is 2. The second kappa shape index (κ2) is 15.7. The van der Waals surface area contributed by atoms with E-state index < -0.39 is 0 Å². The highest BCUT2D eigenvalue weighted by Gasteiger charge is 2.42. The molecule has 0 radical (unpaired) electrons. The van der Waals surface area contributed by atoms with Gasteiger partial charge in [0.15, 0.2) is 0 Å². The zero-order chi connectivity index (χ0) is 27.1. The van der Waals surface area contributed by atoms with E-state index in [9.17, 15) is 0 Å². The Balaban J connectivity index is 0.00000380.